The number of rotatable bonds is 7. The molecule has 1 amide bonds. The Hall–Kier alpha value is -2.19. The van der Waals surface area contributed by atoms with E-state index in [2.05, 4.69) is 23.3 Å². The van der Waals surface area contributed by atoms with Crippen molar-refractivity contribution in [3.05, 3.63) is 34.7 Å². The number of unbranched alkanes of at least 4 members (excludes halogenated alkanes) is 2. The monoisotopic (exact) mass is 313 g/mol. The van der Waals surface area contributed by atoms with E-state index in [0.717, 1.165) is 41.2 Å². The van der Waals surface area contributed by atoms with Gasteiger partial charge in [0, 0.05) is 23.1 Å². The molecule has 0 aliphatic heterocycles. The largest absolute Gasteiger partial charge is 0.326 e. The highest BCUT2D eigenvalue weighted by molar-refractivity contribution is 7.10. The zero-order chi connectivity index (χ0) is 15.8. The molecule has 0 aliphatic rings. The van der Waals surface area contributed by atoms with Crippen molar-refractivity contribution < 1.29 is 4.79 Å². The van der Waals surface area contributed by atoms with Crippen LogP contribution in [0.25, 0.3) is 11.3 Å². The second kappa shape index (κ2) is 8.30. The van der Waals surface area contributed by atoms with Crippen LogP contribution in [0.3, 0.4) is 0 Å². The molecule has 2 rings (SSSR count). The van der Waals surface area contributed by atoms with Crippen molar-refractivity contribution in [2.45, 2.75) is 39.0 Å². The number of benzene rings is 1. The fraction of sp³-hybridized carbons (Fsp3) is 0.353. The van der Waals surface area contributed by atoms with Gasteiger partial charge in [-0.25, -0.2) is 4.98 Å². The molecule has 0 aliphatic carbocycles. The number of carbonyl (C=O) groups is 1. The van der Waals surface area contributed by atoms with Gasteiger partial charge in [-0.1, -0.05) is 31.9 Å². The number of hydrogen-bond acceptors (Lipinski definition) is 4. The van der Waals surface area contributed by atoms with E-state index in [-0.39, 0.29) is 5.91 Å². The van der Waals surface area contributed by atoms with Crippen LogP contribution < -0.4 is 5.32 Å². The first-order valence-corrected chi connectivity index (χ1v) is 8.32. The average molecular weight is 313 g/mol. The molecule has 0 bridgehead atoms. The molecule has 1 heterocycles. The van der Waals surface area contributed by atoms with Crippen molar-refractivity contribution in [1.29, 1.82) is 5.26 Å². The van der Waals surface area contributed by atoms with Gasteiger partial charge in [0.25, 0.3) is 0 Å². The Labute approximate surface area is 134 Å². The number of amides is 1. The first-order chi connectivity index (χ1) is 10.7. The fourth-order valence-corrected chi connectivity index (χ4v) is 2.81. The number of nitriles is 1. The van der Waals surface area contributed by atoms with Crippen LogP contribution in [0.2, 0.25) is 0 Å². The molecule has 0 spiro atoms. The lowest BCUT2D eigenvalue weighted by Crippen LogP contribution is -2.10. The maximum atomic E-state index is 11.8. The summed E-state index contributed by atoms with van der Waals surface area (Å²) in [6.45, 7) is 2.12. The molecular weight excluding hydrogens is 294 g/mol. The molecule has 1 aromatic heterocycles. The molecule has 5 heteroatoms. The van der Waals surface area contributed by atoms with Gasteiger partial charge in [-0.15, -0.1) is 11.3 Å². The van der Waals surface area contributed by atoms with Gasteiger partial charge in [-0.05, 0) is 18.6 Å². The Bertz CT molecular complexity index is 655. The third kappa shape index (κ3) is 4.68. The zero-order valence-electron chi connectivity index (χ0n) is 12.6. The summed E-state index contributed by atoms with van der Waals surface area (Å²) in [4.78, 5) is 16.2. The maximum Gasteiger partial charge on any atom is 0.224 e. The van der Waals surface area contributed by atoms with Crippen LogP contribution in [-0.4, -0.2) is 10.9 Å². The summed E-state index contributed by atoms with van der Waals surface area (Å²) in [6.07, 6.45) is 4.04. The molecular formula is C17H19N3OS. The molecule has 0 saturated heterocycles. The quantitative estimate of drug-likeness (QED) is 0.771. The minimum atomic E-state index is 0.0613. The highest BCUT2D eigenvalue weighted by atomic mass is 32.1. The standard InChI is InChI=1S/C17H19N3OS/c1-2-3-4-5-16(21)19-14-8-6-13(7-9-14)15-12-22-17(20-15)10-11-18/h6-9,12H,2-5,10H2,1H3,(H,19,21). The molecule has 0 unspecified atom stereocenters. The second-order valence-electron chi connectivity index (χ2n) is 5.04. The van der Waals surface area contributed by atoms with Crippen LogP contribution in [0.15, 0.2) is 29.6 Å². The van der Waals surface area contributed by atoms with Crippen LogP contribution in [0, 0.1) is 11.3 Å². The van der Waals surface area contributed by atoms with Gasteiger partial charge in [0.15, 0.2) is 0 Å². The number of aromatic nitrogens is 1. The average Bonchev–Trinajstić information content (AvgIpc) is 2.97. The zero-order valence-corrected chi connectivity index (χ0v) is 13.4. The van der Waals surface area contributed by atoms with E-state index in [4.69, 9.17) is 5.26 Å². The van der Waals surface area contributed by atoms with E-state index in [9.17, 15) is 4.79 Å². The first kappa shape index (κ1) is 16.2. The van der Waals surface area contributed by atoms with Crippen LogP contribution in [0.1, 0.15) is 37.6 Å². The minimum absolute atomic E-state index is 0.0613. The Balaban J connectivity index is 1.95. The second-order valence-corrected chi connectivity index (χ2v) is 5.99. The van der Waals surface area contributed by atoms with Gasteiger partial charge >= 0.3 is 0 Å². The van der Waals surface area contributed by atoms with Crippen molar-refractivity contribution >= 4 is 22.9 Å². The van der Waals surface area contributed by atoms with Crippen molar-refractivity contribution in [1.82, 2.24) is 4.98 Å². The molecule has 0 saturated carbocycles. The van der Waals surface area contributed by atoms with E-state index >= 15 is 0 Å². The lowest BCUT2D eigenvalue weighted by Gasteiger charge is -2.05. The topological polar surface area (TPSA) is 65.8 Å². The summed E-state index contributed by atoms with van der Waals surface area (Å²) >= 11 is 1.49. The molecule has 0 atom stereocenters. The molecule has 114 valence electrons. The Morgan fingerprint density at radius 3 is 2.77 bits per heavy atom. The van der Waals surface area contributed by atoms with Crippen molar-refractivity contribution in [2.75, 3.05) is 5.32 Å². The van der Waals surface area contributed by atoms with Gasteiger partial charge in [-0.3, -0.25) is 4.79 Å². The summed E-state index contributed by atoms with van der Waals surface area (Å²) in [5, 5.41) is 14.4. The van der Waals surface area contributed by atoms with E-state index in [0.29, 0.717) is 12.8 Å². The van der Waals surface area contributed by atoms with Crippen molar-refractivity contribution in [2.24, 2.45) is 0 Å². The lowest BCUT2D eigenvalue weighted by molar-refractivity contribution is -0.116. The molecule has 1 aromatic carbocycles. The lowest BCUT2D eigenvalue weighted by atomic mass is 10.1. The number of nitrogens with zero attached hydrogens (tertiary/aromatic N) is 2. The summed E-state index contributed by atoms with van der Waals surface area (Å²) in [6, 6.07) is 9.75. The summed E-state index contributed by atoms with van der Waals surface area (Å²) in [5.74, 6) is 0.0613. The smallest absolute Gasteiger partial charge is 0.224 e. The van der Waals surface area contributed by atoms with Crippen molar-refractivity contribution in [3.8, 4) is 17.3 Å². The van der Waals surface area contributed by atoms with E-state index < -0.39 is 0 Å². The normalized spacial score (nSPS) is 10.2. The molecule has 4 nitrogen and oxygen atoms in total. The number of anilines is 1. The molecule has 0 fully saturated rings. The molecule has 2 aromatic rings. The SMILES string of the molecule is CCCCCC(=O)Nc1ccc(-c2csc(CC#N)n2)cc1. The number of thiazole rings is 1. The Morgan fingerprint density at radius 2 is 2.09 bits per heavy atom. The number of nitrogens with one attached hydrogen (secondary N) is 1. The fourth-order valence-electron chi connectivity index (χ4n) is 2.08. The highest BCUT2D eigenvalue weighted by Crippen LogP contribution is 2.23. The van der Waals surface area contributed by atoms with Crippen molar-refractivity contribution in [3.63, 3.8) is 0 Å². The van der Waals surface area contributed by atoms with Gasteiger partial charge in [-0.2, -0.15) is 5.26 Å². The van der Waals surface area contributed by atoms with E-state index in [1.54, 1.807) is 0 Å². The van der Waals surface area contributed by atoms with Crippen LogP contribution in [0.5, 0.6) is 0 Å². The van der Waals surface area contributed by atoms with Crippen LogP contribution >= 0.6 is 11.3 Å². The minimum Gasteiger partial charge on any atom is -0.326 e. The van der Waals surface area contributed by atoms with Gasteiger partial charge < -0.3 is 5.32 Å². The summed E-state index contributed by atoms with van der Waals surface area (Å²) < 4.78 is 0. The van der Waals surface area contributed by atoms with E-state index in [1.807, 2.05) is 29.6 Å². The van der Waals surface area contributed by atoms with E-state index in [1.165, 1.54) is 11.3 Å². The van der Waals surface area contributed by atoms with Crippen LogP contribution in [0.4, 0.5) is 5.69 Å². The summed E-state index contributed by atoms with van der Waals surface area (Å²) in [7, 11) is 0. The molecule has 0 radical (unpaired) electrons. The highest BCUT2D eigenvalue weighted by Gasteiger charge is 2.06. The third-order valence-corrected chi connectivity index (χ3v) is 4.10. The third-order valence-electron chi connectivity index (χ3n) is 3.25. The van der Waals surface area contributed by atoms with Gasteiger partial charge in [0.1, 0.15) is 5.01 Å². The van der Waals surface area contributed by atoms with Gasteiger partial charge in [0.2, 0.25) is 5.91 Å². The predicted molar refractivity (Wildman–Crippen MR) is 89.6 cm³/mol. The van der Waals surface area contributed by atoms with Crippen LogP contribution in [-0.2, 0) is 11.2 Å². The Morgan fingerprint density at radius 1 is 1.32 bits per heavy atom. The first-order valence-electron chi connectivity index (χ1n) is 7.44. The summed E-state index contributed by atoms with van der Waals surface area (Å²) in [5.41, 5.74) is 2.67. The Kier molecular flexibility index (Phi) is 6.11. The molecule has 1 N–H and O–H groups in total. The number of hydrogen-bond donors (Lipinski definition) is 1. The number of carbonyl (C=O) groups excluding carboxylic acids is 1. The van der Waals surface area contributed by atoms with Gasteiger partial charge in [0.05, 0.1) is 18.2 Å². The molecule has 22 heavy (non-hydrogen) atoms. The predicted octanol–water partition coefficient (Wildman–Crippen LogP) is 4.39. The maximum absolute atomic E-state index is 11.8.